The molecule has 1 atom stereocenters. The number of benzene rings is 2. The fraction of sp³-hybridized carbons (Fsp3) is 0.333. The van der Waals surface area contributed by atoms with Crippen LogP contribution in [0.25, 0.3) is 0 Å². The van der Waals surface area contributed by atoms with E-state index < -0.39 is 6.10 Å². The molecule has 1 unspecified atom stereocenters. The number of nitrogens with zero attached hydrogens (tertiary/aromatic N) is 1. The largest absolute Gasteiger partial charge is 0.490 e. The third-order valence-electron chi connectivity index (χ3n) is 4.00. The summed E-state index contributed by atoms with van der Waals surface area (Å²) in [4.78, 5) is 2.28. The van der Waals surface area contributed by atoms with Gasteiger partial charge in [0.05, 0.1) is 4.47 Å². The molecular weight excluding hydrogens is 457 g/mol. The lowest BCUT2D eigenvalue weighted by molar-refractivity contribution is 0.0635. The van der Waals surface area contributed by atoms with Crippen molar-refractivity contribution in [2.24, 2.45) is 0 Å². The van der Waals surface area contributed by atoms with Crippen molar-refractivity contribution in [2.45, 2.75) is 19.1 Å². The van der Waals surface area contributed by atoms with Crippen molar-refractivity contribution in [2.75, 3.05) is 19.7 Å². The van der Waals surface area contributed by atoms with E-state index in [1.807, 2.05) is 18.2 Å². The average Bonchev–Trinajstić information content (AvgIpc) is 2.54. The Kier molecular flexibility index (Phi) is 7.57. The highest BCUT2D eigenvalue weighted by molar-refractivity contribution is 9.11. The summed E-state index contributed by atoms with van der Waals surface area (Å²) < 4.78 is 7.59. The Balaban J connectivity index is 0.00000208. The summed E-state index contributed by atoms with van der Waals surface area (Å²) in [6, 6.07) is 14.3. The molecule has 0 saturated heterocycles. The van der Waals surface area contributed by atoms with Crippen molar-refractivity contribution in [1.29, 1.82) is 0 Å². The van der Waals surface area contributed by atoms with Gasteiger partial charge in [0, 0.05) is 24.1 Å². The van der Waals surface area contributed by atoms with Gasteiger partial charge in [-0.2, -0.15) is 0 Å². The van der Waals surface area contributed by atoms with Crippen LogP contribution in [0, 0.1) is 0 Å². The summed E-state index contributed by atoms with van der Waals surface area (Å²) in [7, 11) is 0. The molecule has 0 spiro atoms. The topological polar surface area (TPSA) is 32.7 Å². The summed E-state index contributed by atoms with van der Waals surface area (Å²) in [6.07, 6.45) is 0.540. The molecule has 0 aliphatic carbocycles. The molecular formula is C18H20Br2ClNO2. The second-order valence-electron chi connectivity index (χ2n) is 5.79. The van der Waals surface area contributed by atoms with Gasteiger partial charge in [0.2, 0.25) is 0 Å². The number of ether oxygens (including phenoxy) is 1. The van der Waals surface area contributed by atoms with Gasteiger partial charge in [0.25, 0.3) is 0 Å². The Morgan fingerprint density at radius 2 is 1.88 bits per heavy atom. The summed E-state index contributed by atoms with van der Waals surface area (Å²) in [5.74, 6) is 0.747. The number of fused-ring (bicyclic) bond motifs is 1. The van der Waals surface area contributed by atoms with Gasteiger partial charge in [-0.25, -0.2) is 0 Å². The smallest absolute Gasteiger partial charge is 0.133 e. The molecule has 1 heterocycles. The number of rotatable bonds is 5. The molecule has 0 amide bonds. The first-order chi connectivity index (χ1) is 11.1. The first-order valence-electron chi connectivity index (χ1n) is 7.67. The van der Waals surface area contributed by atoms with Gasteiger partial charge in [-0.05, 0) is 51.7 Å². The maximum absolute atomic E-state index is 10.3. The Hall–Kier alpha value is -0.590. The number of hydrogen-bond acceptors (Lipinski definition) is 3. The highest BCUT2D eigenvalue weighted by atomic mass is 79.9. The lowest BCUT2D eigenvalue weighted by Gasteiger charge is -2.30. The summed E-state index contributed by atoms with van der Waals surface area (Å²) in [5.41, 5.74) is 2.79. The number of β-amino-alcohol motifs (C(OH)–C–C–N with tert-alkyl or cyclic N) is 1. The highest BCUT2D eigenvalue weighted by Gasteiger charge is 2.18. The molecule has 0 fully saturated rings. The normalized spacial score (nSPS) is 15.3. The van der Waals surface area contributed by atoms with Gasteiger partial charge < -0.3 is 9.84 Å². The molecule has 0 radical (unpaired) electrons. The molecule has 0 bridgehead atoms. The van der Waals surface area contributed by atoms with E-state index in [9.17, 15) is 5.11 Å². The third-order valence-corrected chi connectivity index (χ3v) is 5.12. The van der Waals surface area contributed by atoms with Crippen LogP contribution < -0.4 is 4.74 Å². The Morgan fingerprint density at radius 3 is 2.62 bits per heavy atom. The van der Waals surface area contributed by atoms with E-state index in [4.69, 9.17) is 4.74 Å². The average molecular weight is 478 g/mol. The number of hydrogen-bond donors (Lipinski definition) is 1. The zero-order chi connectivity index (χ0) is 16.2. The first kappa shape index (κ1) is 19.7. The predicted octanol–water partition coefficient (Wildman–Crippen LogP) is 4.43. The fourth-order valence-electron chi connectivity index (χ4n) is 2.84. The Labute approximate surface area is 165 Å². The van der Waals surface area contributed by atoms with E-state index in [0.29, 0.717) is 13.2 Å². The van der Waals surface area contributed by atoms with Crippen molar-refractivity contribution in [1.82, 2.24) is 4.90 Å². The van der Waals surface area contributed by atoms with E-state index in [-0.39, 0.29) is 12.4 Å². The third kappa shape index (κ3) is 5.20. The second-order valence-corrected chi connectivity index (χ2v) is 7.56. The molecule has 2 aromatic carbocycles. The van der Waals surface area contributed by atoms with Crippen LogP contribution in [0.2, 0.25) is 0 Å². The van der Waals surface area contributed by atoms with Crippen LogP contribution in [-0.4, -0.2) is 35.8 Å². The summed E-state index contributed by atoms with van der Waals surface area (Å²) in [6.45, 7) is 2.80. The number of halogens is 3. The lowest BCUT2D eigenvalue weighted by atomic mass is 10.00. The molecule has 1 N–H and O–H groups in total. The number of aliphatic hydroxyl groups is 1. The van der Waals surface area contributed by atoms with Crippen molar-refractivity contribution < 1.29 is 9.84 Å². The molecule has 3 nitrogen and oxygen atoms in total. The van der Waals surface area contributed by atoms with Gasteiger partial charge in [-0.15, -0.1) is 12.4 Å². The molecule has 1 aliphatic rings. The van der Waals surface area contributed by atoms with E-state index in [2.05, 4.69) is 61.0 Å². The van der Waals surface area contributed by atoms with Crippen molar-refractivity contribution in [3.05, 3.63) is 62.5 Å². The van der Waals surface area contributed by atoms with Crippen LogP contribution in [0.1, 0.15) is 11.1 Å². The van der Waals surface area contributed by atoms with Crippen molar-refractivity contribution in [3.63, 3.8) is 0 Å². The lowest BCUT2D eigenvalue weighted by Crippen LogP contribution is -2.38. The minimum atomic E-state index is -0.504. The first-order valence-corrected chi connectivity index (χ1v) is 9.25. The van der Waals surface area contributed by atoms with Crippen LogP contribution >= 0.6 is 44.3 Å². The molecule has 0 aromatic heterocycles. The summed E-state index contributed by atoms with van der Waals surface area (Å²) in [5, 5.41) is 10.3. The van der Waals surface area contributed by atoms with Gasteiger partial charge in [0.15, 0.2) is 0 Å². The Bertz CT molecular complexity index is 684. The molecule has 2 aromatic rings. The molecule has 6 heteroatoms. The molecule has 0 saturated carbocycles. The van der Waals surface area contributed by atoms with E-state index in [1.165, 1.54) is 11.1 Å². The van der Waals surface area contributed by atoms with Crippen molar-refractivity contribution in [3.8, 4) is 5.75 Å². The zero-order valence-electron chi connectivity index (χ0n) is 13.1. The SMILES string of the molecule is Cl.OC(COc1ccc(Br)cc1Br)CN1CCc2ccccc2C1. The standard InChI is InChI=1S/C18H19Br2NO2.ClH/c19-15-5-6-18(17(20)9-15)23-12-16(22)11-21-8-7-13-3-1-2-4-14(13)10-21;/h1-6,9,16,22H,7-8,10-12H2;1H. The number of aliphatic hydroxyl groups excluding tert-OH is 1. The fourth-order valence-corrected chi connectivity index (χ4v) is 4.00. The van der Waals surface area contributed by atoms with Gasteiger partial charge in [-0.3, -0.25) is 4.90 Å². The van der Waals surface area contributed by atoms with E-state index in [1.54, 1.807) is 0 Å². The minimum absolute atomic E-state index is 0. The van der Waals surface area contributed by atoms with Crippen LogP contribution in [0.15, 0.2) is 51.4 Å². The van der Waals surface area contributed by atoms with Gasteiger partial charge in [0.1, 0.15) is 18.5 Å². The quantitative estimate of drug-likeness (QED) is 0.692. The van der Waals surface area contributed by atoms with E-state index in [0.717, 1.165) is 34.2 Å². The zero-order valence-corrected chi connectivity index (χ0v) is 17.1. The van der Waals surface area contributed by atoms with Crippen LogP contribution in [-0.2, 0) is 13.0 Å². The highest BCUT2D eigenvalue weighted by Crippen LogP contribution is 2.28. The van der Waals surface area contributed by atoms with Crippen LogP contribution in [0.5, 0.6) is 5.75 Å². The maximum atomic E-state index is 10.3. The van der Waals surface area contributed by atoms with E-state index >= 15 is 0 Å². The molecule has 3 rings (SSSR count). The van der Waals surface area contributed by atoms with Crippen molar-refractivity contribution >= 4 is 44.3 Å². The molecule has 130 valence electrons. The maximum Gasteiger partial charge on any atom is 0.133 e. The second kappa shape index (κ2) is 9.20. The Morgan fingerprint density at radius 1 is 1.12 bits per heavy atom. The van der Waals surface area contributed by atoms with Gasteiger partial charge in [-0.1, -0.05) is 40.2 Å². The molecule has 1 aliphatic heterocycles. The predicted molar refractivity (Wildman–Crippen MR) is 106 cm³/mol. The summed E-state index contributed by atoms with van der Waals surface area (Å²) >= 11 is 6.88. The minimum Gasteiger partial charge on any atom is -0.490 e. The molecule has 24 heavy (non-hydrogen) atoms. The van der Waals surface area contributed by atoms with Crippen LogP contribution in [0.4, 0.5) is 0 Å². The monoisotopic (exact) mass is 475 g/mol. The van der Waals surface area contributed by atoms with Gasteiger partial charge >= 0.3 is 0 Å². The van der Waals surface area contributed by atoms with Crippen LogP contribution in [0.3, 0.4) is 0 Å².